The van der Waals surface area contributed by atoms with Crippen molar-refractivity contribution in [3.63, 3.8) is 0 Å². The fourth-order valence-electron chi connectivity index (χ4n) is 5.73. The number of aliphatic carboxylic acids is 1. The van der Waals surface area contributed by atoms with Crippen LogP contribution in [0.1, 0.15) is 60.9 Å². The van der Waals surface area contributed by atoms with E-state index in [1.54, 1.807) is 7.11 Å². The van der Waals surface area contributed by atoms with Gasteiger partial charge in [0.05, 0.1) is 37.9 Å². The highest BCUT2D eigenvalue weighted by Crippen LogP contribution is 2.46. The summed E-state index contributed by atoms with van der Waals surface area (Å²) in [4.78, 5) is 25.2. The Morgan fingerprint density at radius 3 is 2.12 bits per heavy atom. The number of aliphatic hydroxyl groups is 6. The van der Waals surface area contributed by atoms with Gasteiger partial charge in [0.25, 0.3) is 0 Å². The number of aliphatic hydroxyl groups excluding tert-OH is 6. The fraction of sp³-hybridized carbons (Fsp3) is 0.459. The number of carboxylic acid groups (broad SMARTS) is 1. The number of hydrogen-bond acceptors (Lipinski definition) is 11. The van der Waals surface area contributed by atoms with Crippen LogP contribution in [0, 0.1) is 5.92 Å². The molecule has 1 saturated heterocycles. The van der Waals surface area contributed by atoms with Gasteiger partial charge in [-0.15, -0.1) is 0 Å². The van der Waals surface area contributed by atoms with E-state index in [1.165, 1.54) is 0 Å². The van der Waals surface area contributed by atoms with Crippen molar-refractivity contribution in [1.82, 2.24) is 5.32 Å². The van der Waals surface area contributed by atoms with Gasteiger partial charge in [0.1, 0.15) is 24.1 Å². The van der Waals surface area contributed by atoms with Gasteiger partial charge in [-0.1, -0.05) is 54.6 Å². The van der Waals surface area contributed by atoms with Crippen molar-refractivity contribution in [1.29, 1.82) is 0 Å². The van der Waals surface area contributed by atoms with Gasteiger partial charge in [-0.05, 0) is 73.2 Å². The van der Waals surface area contributed by atoms with Gasteiger partial charge in [0, 0.05) is 25.2 Å². The van der Waals surface area contributed by atoms with Gasteiger partial charge in [-0.2, -0.15) is 0 Å². The van der Waals surface area contributed by atoms with Crippen molar-refractivity contribution in [3.8, 4) is 5.75 Å². The van der Waals surface area contributed by atoms with Crippen molar-refractivity contribution in [2.24, 2.45) is 11.7 Å². The number of nitrogens with zero attached hydrogens (tertiary/aromatic N) is 1. The second-order valence-corrected chi connectivity index (χ2v) is 12.3. The number of carboxylic acids is 1. The molecule has 13 heteroatoms. The van der Waals surface area contributed by atoms with Crippen LogP contribution in [-0.4, -0.2) is 98.8 Å². The molecule has 7 unspecified atom stereocenters. The molecule has 3 aromatic carbocycles. The Hall–Kier alpha value is -3.92. The largest absolute Gasteiger partial charge is 0.497 e. The maximum atomic E-state index is 13.2. The number of hydrogen-bond donors (Lipinski definition) is 9. The minimum Gasteiger partial charge on any atom is -0.497 e. The van der Waals surface area contributed by atoms with Gasteiger partial charge < -0.3 is 56.4 Å². The standard InChI is InChI=1S/C26H28N2O3.C11H23NO7/c1-31-22-13-9-20(10-14-22)25-23(15-16-24(29)19-5-3-2-4-6-19)26(30)28(25)21-11-7-18(17-27)8-12-21;13-6-8(15)11(19)10(18)7(14)5-12-4-2-1-3-9(16)17/h2-14,23-25,29H,15-17,27H2,1H3;7-8,10-15,18-19H,1-6H2,(H,16,17). The van der Waals surface area contributed by atoms with Gasteiger partial charge >= 0.3 is 5.97 Å². The Bertz CT molecular complexity index is 1430. The van der Waals surface area contributed by atoms with Gasteiger partial charge in [-0.25, -0.2) is 0 Å². The first-order valence-corrected chi connectivity index (χ1v) is 16.8. The predicted octanol–water partition coefficient (Wildman–Crippen LogP) is 1.64. The van der Waals surface area contributed by atoms with Crippen molar-refractivity contribution in [2.45, 2.75) is 75.2 Å². The molecule has 0 aromatic heterocycles. The molecule has 0 bridgehead atoms. The zero-order valence-corrected chi connectivity index (χ0v) is 28.3. The van der Waals surface area contributed by atoms with E-state index in [2.05, 4.69) is 5.32 Å². The molecule has 1 aliphatic heterocycles. The normalized spacial score (nSPS) is 18.6. The van der Waals surface area contributed by atoms with Crippen LogP contribution >= 0.6 is 0 Å². The van der Waals surface area contributed by atoms with Gasteiger partial charge in [0.15, 0.2) is 0 Å². The number of methoxy groups -OCH3 is 1. The van der Waals surface area contributed by atoms with Crippen molar-refractivity contribution in [2.75, 3.05) is 31.7 Å². The van der Waals surface area contributed by atoms with E-state index < -0.39 is 43.1 Å². The monoisotopic (exact) mass is 697 g/mol. The number of rotatable bonds is 19. The average molecular weight is 698 g/mol. The van der Waals surface area contributed by atoms with Crippen LogP contribution in [0.2, 0.25) is 0 Å². The minimum absolute atomic E-state index is 0.0105. The molecule has 0 spiro atoms. The molecule has 4 rings (SSSR count). The minimum atomic E-state index is -1.63. The Kier molecular flexibility index (Phi) is 16.8. The second kappa shape index (κ2) is 20.7. The third-order valence-electron chi connectivity index (χ3n) is 8.73. The van der Waals surface area contributed by atoms with Crippen molar-refractivity contribution >= 4 is 17.6 Å². The molecule has 7 atom stereocenters. The molecule has 1 fully saturated rings. The number of anilines is 1. The Morgan fingerprint density at radius 2 is 1.54 bits per heavy atom. The van der Waals surface area contributed by atoms with E-state index in [4.69, 9.17) is 25.8 Å². The number of carbonyl (C=O) groups excluding carboxylic acids is 1. The van der Waals surface area contributed by atoms with Crippen LogP contribution in [0.25, 0.3) is 0 Å². The number of unbranched alkanes of at least 4 members (excludes halogenated alkanes) is 1. The number of ether oxygens (including phenoxy) is 1. The summed E-state index contributed by atoms with van der Waals surface area (Å²) in [7, 11) is 1.64. The number of amides is 1. The van der Waals surface area contributed by atoms with E-state index in [1.807, 2.05) is 83.8 Å². The summed E-state index contributed by atoms with van der Waals surface area (Å²) < 4.78 is 5.29. The molecule has 0 radical (unpaired) electrons. The summed E-state index contributed by atoms with van der Waals surface area (Å²) in [5, 5.41) is 67.8. The Labute approximate surface area is 292 Å². The highest BCUT2D eigenvalue weighted by Gasteiger charge is 2.48. The first-order chi connectivity index (χ1) is 24.0. The number of benzene rings is 3. The smallest absolute Gasteiger partial charge is 0.303 e. The summed E-state index contributed by atoms with van der Waals surface area (Å²) in [6, 6.07) is 25.2. The summed E-state index contributed by atoms with van der Waals surface area (Å²) in [6.07, 6.45) is -4.25. The van der Waals surface area contributed by atoms with E-state index in [0.717, 1.165) is 28.1 Å². The SMILES string of the molecule is COc1ccc(C2C(CCC(O)c3ccccc3)C(=O)N2c2ccc(CN)cc2)cc1.O=C(O)CCCCNCC(O)C(O)C(O)C(O)CO. The molecule has 0 aliphatic carbocycles. The molecule has 0 saturated carbocycles. The quantitative estimate of drug-likeness (QED) is 0.0644. The average Bonchev–Trinajstić information content (AvgIpc) is 3.14. The highest BCUT2D eigenvalue weighted by atomic mass is 16.5. The first kappa shape index (κ1) is 40.5. The Morgan fingerprint density at radius 1 is 0.900 bits per heavy atom. The Balaban J connectivity index is 0.000000308. The maximum absolute atomic E-state index is 13.2. The van der Waals surface area contributed by atoms with Gasteiger partial charge in [0.2, 0.25) is 5.91 Å². The lowest BCUT2D eigenvalue weighted by Crippen LogP contribution is -2.55. The highest BCUT2D eigenvalue weighted by molar-refractivity contribution is 6.03. The number of nitrogens with one attached hydrogen (secondary N) is 1. The third-order valence-corrected chi connectivity index (χ3v) is 8.73. The van der Waals surface area contributed by atoms with Crippen molar-refractivity contribution in [3.05, 3.63) is 95.6 Å². The molecule has 1 aliphatic rings. The van der Waals surface area contributed by atoms with E-state index in [0.29, 0.717) is 38.8 Å². The molecule has 50 heavy (non-hydrogen) atoms. The summed E-state index contributed by atoms with van der Waals surface area (Å²) in [5.74, 6) is -0.177. The third kappa shape index (κ3) is 11.6. The number of carbonyl (C=O) groups is 2. The van der Waals surface area contributed by atoms with Crippen molar-refractivity contribution < 1.29 is 50.1 Å². The molecule has 1 amide bonds. The molecular formula is C37H51N3O10. The molecule has 274 valence electrons. The van der Waals surface area contributed by atoms with Crippen LogP contribution < -0.4 is 20.7 Å². The number of nitrogens with two attached hydrogens (primary N) is 1. The van der Waals surface area contributed by atoms with Gasteiger partial charge in [-0.3, -0.25) is 9.59 Å². The van der Waals surface area contributed by atoms with Crippen LogP contribution in [0.4, 0.5) is 5.69 Å². The molecule has 10 N–H and O–H groups in total. The lowest BCUT2D eigenvalue weighted by molar-refractivity contribution is -0.137. The lowest BCUT2D eigenvalue weighted by Gasteiger charge is -2.48. The fourth-order valence-corrected chi connectivity index (χ4v) is 5.73. The van der Waals surface area contributed by atoms with E-state index in [-0.39, 0.29) is 30.8 Å². The maximum Gasteiger partial charge on any atom is 0.303 e. The summed E-state index contributed by atoms with van der Waals surface area (Å²) >= 11 is 0. The molecule has 3 aromatic rings. The summed E-state index contributed by atoms with van der Waals surface area (Å²) in [6.45, 7) is 0.211. The molecule has 1 heterocycles. The van der Waals surface area contributed by atoms with Crippen LogP contribution in [0.3, 0.4) is 0 Å². The van der Waals surface area contributed by atoms with E-state index >= 15 is 0 Å². The van der Waals surface area contributed by atoms with Crippen LogP contribution in [0.5, 0.6) is 5.75 Å². The van der Waals surface area contributed by atoms with Crippen LogP contribution in [0.15, 0.2) is 78.9 Å². The first-order valence-electron chi connectivity index (χ1n) is 16.8. The van der Waals surface area contributed by atoms with Crippen LogP contribution in [-0.2, 0) is 16.1 Å². The zero-order chi connectivity index (χ0) is 36.6. The predicted molar refractivity (Wildman–Crippen MR) is 187 cm³/mol. The second-order valence-electron chi connectivity index (χ2n) is 12.3. The summed E-state index contributed by atoms with van der Waals surface area (Å²) in [5.41, 5.74) is 9.55. The molecule has 13 nitrogen and oxygen atoms in total. The lowest BCUT2D eigenvalue weighted by atomic mass is 9.78. The number of β-lactam (4-membered cyclic amide) rings is 1. The zero-order valence-electron chi connectivity index (χ0n) is 28.3. The van der Waals surface area contributed by atoms with E-state index in [9.17, 15) is 30.0 Å². The molecular weight excluding hydrogens is 646 g/mol. The topological polar surface area (TPSA) is 226 Å².